The summed E-state index contributed by atoms with van der Waals surface area (Å²) in [5, 5.41) is 3.03. The van der Waals surface area contributed by atoms with Gasteiger partial charge in [-0.05, 0) is 44.5 Å². The summed E-state index contributed by atoms with van der Waals surface area (Å²) in [6.07, 6.45) is 4.11. The molecule has 1 fully saturated rings. The molecular weight excluding hydrogens is 326 g/mol. The van der Waals surface area contributed by atoms with Crippen LogP contribution in [0.4, 0.5) is 0 Å². The molecule has 4 nitrogen and oxygen atoms in total. The minimum atomic E-state index is 0.175. The predicted octanol–water partition coefficient (Wildman–Crippen LogP) is 3.38. The highest BCUT2D eigenvalue weighted by atomic mass is 32.2. The van der Waals surface area contributed by atoms with Crippen LogP contribution in [0.25, 0.3) is 10.2 Å². The Morgan fingerprint density at radius 1 is 1.30 bits per heavy atom. The molecule has 0 aliphatic carbocycles. The highest BCUT2D eigenvalue weighted by Gasteiger charge is 2.11. The maximum atomic E-state index is 11.8. The Labute approximate surface area is 145 Å². The first-order chi connectivity index (χ1) is 11.3. The Morgan fingerprint density at radius 3 is 2.96 bits per heavy atom. The standard InChI is InChI=1S/C17H23N3OS2/c21-16(18-9-12-20-10-3-4-11-20)8-5-13-22-17-19-14-6-1-2-7-15(14)23-17/h1-2,6-7H,3-5,8-13H2,(H,18,21). The largest absolute Gasteiger partial charge is 0.355 e. The Hall–Kier alpha value is -1.11. The van der Waals surface area contributed by atoms with Gasteiger partial charge in [0.05, 0.1) is 10.2 Å². The molecule has 1 aromatic heterocycles. The second-order valence-corrected chi connectivity index (χ2v) is 8.17. The zero-order valence-corrected chi connectivity index (χ0v) is 14.9. The number of benzene rings is 1. The summed E-state index contributed by atoms with van der Waals surface area (Å²) in [6, 6.07) is 8.21. The first-order valence-corrected chi connectivity index (χ1v) is 10.1. The summed E-state index contributed by atoms with van der Waals surface area (Å²) >= 11 is 3.48. The van der Waals surface area contributed by atoms with E-state index in [9.17, 15) is 4.79 Å². The molecule has 0 unspecified atom stereocenters. The summed E-state index contributed by atoms with van der Waals surface area (Å²) in [7, 11) is 0. The number of likely N-dealkylation sites (tertiary alicyclic amines) is 1. The zero-order chi connectivity index (χ0) is 15.9. The average molecular weight is 350 g/mol. The summed E-state index contributed by atoms with van der Waals surface area (Å²) in [4.78, 5) is 18.8. The van der Waals surface area contributed by atoms with E-state index in [0.29, 0.717) is 6.42 Å². The van der Waals surface area contributed by atoms with Crippen LogP contribution in [0, 0.1) is 0 Å². The lowest BCUT2D eigenvalue weighted by Crippen LogP contribution is -2.33. The van der Waals surface area contributed by atoms with E-state index in [2.05, 4.69) is 21.3 Å². The summed E-state index contributed by atoms with van der Waals surface area (Å²) in [5.74, 6) is 1.12. The van der Waals surface area contributed by atoms with Crippen LogP contribution in [0.1, 0.15) is 25.7 Å². The number of nitrogens with one attached hydrogen (secondary N) is 1. The van der Waals surface area contributed by atoms with Crippen LogP contribution in [0.3, 0.4) is 0 Å². The average Bonchev–Trinajstić information content (AvgIpc) is 3.20. The van der Waals surface area contributed by atoms with Crippen LogP contribution in [0.2, 0.25) is 0 Å². The Kier molecular flexibility index (Phi) is 6.30. The topological polar surface area (TPSA) is 45.2 Å². The number of para-hydroxylation sites is 1. The molecule has 0 atom stereocenters. The number of nitrogens with zero attached hydrogens (tertiary/aromatic N) is 2. The molecule has 6 heteroatoms. The lowest BCUT2D eigenvalue weighted by atomic mass is 10.3. The van der Waals surface area contributed by atoms with Gasteiger partial charge in [0.1, 0.15) is 0 Å². The van der Waals surface area contributed by atoms with Gasteiger partial charge in [-0.1, -0.05) is 23.9 Å². The molecule has 124 valence electrons. The molecule has 3 rings (SSSR count). The summed E-state index contributed by atoms with van der Waals surface area (Å²) in [6.45, 7) is 4.15. The fraction of sp³-hybridized carbons (Fsp3) is 0.529. The monoisotopic (exact) mass is 349 g/mol. The fourth-order valence-electron chi connectivity index (χ4n) is 2.75. The minimum absolute atomic E-state index is 0.175. The third-order valence-electron chi connectivity index (χ3n) is 4.00. The lowest BCUT2D eigenvalue weighted by molar-refractivity contribution is -0.121. The van der Waals surface area contributed by atoms with Gasteiger partial charge >= 0.3 is 0 Å². The third-order valence-corrected chi connectivity index (χ3v) is 6.26. The Morgan fingerprint density at radius 2 is 2.13 bits per heavy atom. The molecule has 1 aliphatic rings. The van der Waals surface area contributed by atoms with Crippen LogP contribution in [0.15, 0.2) is 28.6 Å². The van der Waals surface area contributed by atoms with E-state index >= 15 is 0 Å². The molecule has 0 radical (unpaired) electrons. The molecule has 1 amide bonds. The van der Waals surface area contributed by atoms with Gasteiger partial charge in [0, 0.05) is 25.3 Å². The van der Waals surface area contributed by atoms with Crippen molar-refractivity contribution in [3.05, 3.63) is 24.3 Å². The van der Waals surface area contributed by atoms with E-state index in [-0.39, 0.29) is 5.91 Å². The van der Waals surface area contributed by atoms with E-state index in [1.807, 2.05) is 18.2 Å². The van der Waals surface area contributed by atoms with Gasteiger partial charge in [-0.15, -0.1) is 11.3 Å². The first-order valence-electron chi connectivity index (χ1n) is 8.29. The van der Waals surface area contributed by atoms with Gasteiger partial charge in [-0.25, -0.2) is 4.98 Å². The van der Waals surface area contributed by atoms with Crippen molar-refractivity contribution in [3.63, 3.8) is 0 Å². The first kappa shape index (κ1) is 16.7. The van der Waals surface area contributed by atoms with Crippen LogP contribution >= 0.6 is 23.1 Å². The zero-order valence-electron chi connectivity index (χ0n) is 13.3. The van der Waals surface area contributed by atoms with Gasteiger partial charge < -0.3 is 10.2 Å². The number of fused-ring (bicyclic) bond motifs is 1. The van der Waals surface area contributed by atoms with Crippen LogP contribution in [-0.2, 0) is 4.79 Å². The van der Waals surface area contributed by atoms with Crippen LogP contribution in [-0.4, -0.2) is 47.7 Å². The molecule has 23 heavy (non-hydrogen) atoms. The van der Waals surface area contributed by atoms with Gasteiger partial charge in [0.2, 0.25) is 5.91 Å². The Bertz CT molecular complexity index is 605. The fourth-order valence-corrected chi connectivity index (χ4v) is 4.83. The number of rotatable bonds is 8. The maximum absolute atomic E-state index is 11.8. The SMILES string of the molecule is O=C(CCCSc1nc2ccccc2s1)NCCN1CCCC1. The molecule has 1 aliphatic heterocycles. The molecule has 2 aromatic rings. The predicted molar refractivity (Wildman–Crippen MR) is 98.3 cm³/mol. The molecule has 0 bridgehead atoms. The lowest BCUT2D eigenvalue weighted by Gasteiger charge is -2.14. The summed E-state index contributed by atoms with van der Waals surface area (Å²) in [5.41, 5.74) is 1.07. The van der Waals surface area contributed by atoms with E-state index in [1.54, 1.807) is 23.1 Å². The molecule has 1 saturated heterocycles. The minimum Gasteiger partial charge on any atom is -0.355 e. The van der Waals surface area contributed by atoms with Crippen molar-refractivity contribution in [2.45, 2.75) is 30.0 Å². The third kappa shape index (κ3) is 5.19. The van der Waals surface area contributed by atoms with Crippen molar-refractivity contribution in [1.29, 1.82) is 0 Å². The van der Waals surface area contributed by atoms with E-state index in [4.69, 9.17) is 0 Å². The number of carbonyl (C=O) groups is 1. The molecular formula is C17H23N3OS2. The van der Waals surface area contributed by atoms with Crippen molar-refractivity contribution in [2.24, 2.45) is 0 Å². The van der Waals surface area contributed by atoms with Crippen molar-refractivity contribution < 1.29 is 4.79 Å². The van der Waals surface area contributed by atoms with Gasteiger partial charge in [-0.3, -0.25) is 4.79 Å². The highest BCUT2D eigenvalue weighted by molar-refractivity contribution is 8.01. The van der Waals surface area contributed by atoms with Crippen molar-refractivity contribution in [1.82, 2.24) is 15.2 Å². The van der Waals surface area contributed by atoms with Crippen LogP contribution < -0.4 is 5.32 Å². The Balaban J connectivity index is 1.29. The molecule has 1 N–H and O–H groups in total. The van der Waals surface area contributed by atoms with E-state index in [0.717, 1.165) is 35.1 Å². The molecule has 0 spiro atoms. The molecule has 0 saturated carbocycles. The van der Waals surface area contributed by atoms with Crippen molar-refractivity contribution >= 4 is 39.2 Å². The maximum Gasteiger partial charge on any atom is 0.220 e. The quantitative estimate of drug-likeness (QED) is 0.586. The number of carbonyl (C=O) groups excluding carboxylic acids is 1. The van der Waals surface area contributed by atoms with E-state index in [1.165, 1.54) is 30.6 Å². The highest BCUT2D eigenvalue weighted by Crippen LogP contribution is 2.29. The molecule has 2 heterocycles. The molecule has 1 aromatic carbocycles. The van der Waals surface area contributed by atoms with Gasteiger partial charge in [0.25, 0.3) is 0 Å². The smallest absolute Gasteiger partial charge is 0.220 e. The number of hydrogen-bond acceptors (Lipinski definition) is 5. The number of amides is 1. The number of hydrogen-bond donors (Lipinski definition) is 1. The normalized spacial score (nSPS) is 15.3. The number of thiazole rings is 1. The summed E-state index contributed by atoms with van der Waals surface area (Å²) < 4.78 is 2.33. The van der Waals surface area contributed by atoms with Crippen molar-refractivity contribution in [3.8, 4) is 0 Å². The van der Waals surface area contributed by atoms with Gasteiger partial charge in [-0.2, -0.15) is 0 Å². The van der Waals surface area contributed by atoms with Gasteiger partial charge in [0.15, 0.2) is 4.34 Å². The van der Waals surface area contributed by atoms with Crippen LogP contribution in [0.5, 0.6) is 0 Å². The van der Waals surface area contributed by atoms with E-state index < -0.39 is 0 Å². The second kappa shape index (κ2) is 8.66. The second-order valence-electron chi connectivity index (χ2n) is 5.80. The van der Waals surface area contributed by atoms with Crippen molar-refractivity contribution in [2.75, 3.05) is 31.9 Å². The number of aromatic nitrogens is 1. The number of thioether (sulfide) groups is 1.